The number of pyridine rings is 1. The first-order valence-electron chi connectivity index (χ1n) is 3.13. The summed E-state index contributed by atoms with van der Waals surface area (Å²) in [5.41, 5.74) is 0.469. The minimum absolute atomic E-state index is 0.105. The van der Waals surface area contributed by atoms with Gasteiger partial charge in [0.15, 0.2) is 0 Å². The predicted octanol–water partition coefficient (Wildman–Crippen LogP) is 3.59. The van der Waals surface area contributed by atoms with Crippen LogP contribution < -0.4 is 0 Å². The summed E-state index contributed by atoms with van der Waals surface area (Å²) in [5.74, 6) is 0. The minimum atomic E-state index is -2.51. The van der Waals surface area contributed by atoms with E-state index in [1.807, 2.05) is 0 Å². The average Bonchev–Trinajstić information content (AvgIpc) is 1.96. The molecule has 12 heavy (non-hydrogen) atoms. The number of rotatable bonds is 1. The van der Waals surface area contributed by atoms with E-state index in [4.69, 9.17) is 11.6 Å². The molecule has 0 aliphatic rings. The van der Waals surface area contributed by atoms with E-state index in [0.717, 1.165) is 0 Å². The lowest BCUT2D eigenvalue weighted by molar-refractivity contribution is 0.150. The maximum Gasteiger partial charge on any atom is 0.266 e. The number of hydrogen-bond acceptors (Lipinski definition) is 1. The Labute approximate surface area is 87.3 Å². The van der Waals surface area contributed by atoms with Gasteiger partial charge in [-0.05, 0) is 35.6 Å². The summed E-state index contributed by atoms with van der Waals surface area (Å²) in [6.45, 7) is 1.68. The SMILES string of the molecule is Cc1nc(I)c(C(F)F)cc1Cl. The number of aromatic nitrogens is 1. The molecule has 0 aliphatic heterocycles. The summed E-state index contributed by atoms with van der Waals surface area (Å²) < 4.78 is 24.8. The molecule has 0 aromatic carbocycles. The zero-order chi connectivity index (χ0) is 9.30. The molecule has 1 aromatic heterocycles. The number of nitrogens with zero attached hydrogens (tertiary/aromatic N) is 1. The second-order valence-electron chi connectivity index (χ2n) is 2.24. The maximum absolute atomic E-state index is 12.2. The van der Waals surface area contributed by atoms with Gasteiger partial charge in [-0.1, -0.05) is 11.6 Å². The largest absolute Gasteiger partial charge is 0.266 e. The van der Waals surface area contributed by atoms with Gasteiger partial charge < -0.3 is 0 Å². The molecule has 5 heteroatoms. The van der Waals surface area contributed by atoms with Crippen molar-refractivity contribution in [3.63, 3.8) is 0 Å². The molecule has 0 fully saturated rings. The molecule has 0 amide bonds. The maximum atomic E-state index is 12.2. The first-order valence-corrected chi connectivity index (χ1v) is 4.58. The van der Waals surface area contributed by atoms with Gasteiger partial charge in [0.2, 0.25) is 0 Å². The highest BCUT2D eigenvalue weighted by Gasteiger charge is 2.14. The van der Waals surface area contributed by atoms with E-state index in [9.17, 15) is 8.78 Å². The van der Waals surface area contributed by atoms with Gasteiger partial charge in [-0.3, -0.25) is 0 Å². The number of alkyl halides is 2. The Balaban J connectivity index is 3.23. The van der Waals surface area contributed by atoms with Crippen molar-refractivity contribution in [2.75, 3.05) is 0 Å². The number of aryl methyl sites for hydroxylation is 1. The van der Waals surface area contributed by atoms with Crippen molar-refractivity contribution >= 4 is 34.2 Å². The third-order valence-electron chi connectivity index (χ3n) is 1.37. The second-order valence-corrected chi connectivity index (χ2v) is 3.67. The van der Waals surface area contributed by atoms with Gasteiger partial charge in [-0.2, -0.15) is 0 Å². The first-order chi connectivity index (χ1) is 5.52. The fourth-order valence-electron chi connectivity index (χ4n) is 0.719. The van der Waals surface area contributed by atoms with Crippen LogP contribution in [-0.4, -0.2) is 4.98 Å². The predicted molar refractivity (Wildman–Crippen MR) is 51.7 cm³/mol. The zero-order valence-electron chi connectivity index (χ0n) is 6.11. The van der Waals surface area contributed by atoms with Crippen LogP contribution >= 0.6 is 34.2 Å². The smallest absolute Gasteiger partial charge is 0.245 e. The standard InChI is InChI=1S/C7H5ClF2IN/c1-3-5(8)2-4(6(9)10)7(11)12-3/h2,6H,1H3. The molecule has 0 saturated carbocycles. The van der Waals surface area contributed by atoms with E-state index >= 15 is 0 Å². The van der Waals surface area contributed by atoms with Crippen LogP contribution in [0.3, 0.4) is 0 Å². The van der Waals surface area contributed by atoms with Crippen LogP contribution in [0.25, 0.3) is 0 Å². The van der Waals surface area contributed by atoms with Crippen LogP contribution in [-0.2, 0) is 0 Å². The third-order valence-corrected chi connectivity index (χ3v) is 2.61. The lowest BCUT2D eigenvalue weighted by Gasteiger charge is -2.04. The molecule has 0 N–H and O–H groups in total. The van der Waals surface area contributed by atoms with E-state index in [1.54, 1.807) is 29.5 Å². The highest BCUT2D eigenvalue weighted by Crippen LogP contribution is 2.27. The van der Waals surface area contributed by atoms with Crippen LogP contribution in [0, 0.1) is 10.6 Å². The van der Waals surface area contributed by atoms with E-state index in [0.29, 0.717) is 9.39 Å². The fourth-order valence-corrected chi connectivity index (χ4v) is 1.63. The van der Waals surface area contributed by atoms with Gasteiger partial charge in [0.1, 0.15) is 3.70 Å². The van der Waals surface area contributed by atoms with Crippen molar-refractivity contribution in [3.05, 3.63) is 26.0 Å². The summed E-state index contributed by atoms with van der Waals surface area (Å²) in [6.07, 6.45) is -2.51. The Hall–Kier alpha value is 0.0300. The van der Waals surface area contributed by atoms with Crippen molar-refractivity contribution in [1.29, 1.82) is 0 Å². The molecule has 66 valence electrons. The molecule has 1 aromatic rings. The summed E-state index contributed by atoms with van der Waals surface area (Å²) >= 11 is 7.40. The van der Waals surface area contributed by atoms with Gasteiger partial charge in [-0.25, -0.2) is 13.8 Å². The van der Waals surface area contributed by atoms with E-state index < -0.39 is 6.43 Å². The van der Waals surface area contributed by atoms with Gasteiger partial charge in [0.05, 0.1) is 16.3 Å². The summed E-state index contributed by atoms with van der Waals surface area (Å²) in [6, 6.07) is 1.26. The van der Waals surface area contributed by atoms with Crippen LogP contribution in [0.15, 0.2) is 6.07 Å². The Bertz CT molecular complexity index is 304. The van der Waals surface area contributed by atoms with Crippen molar-refractivity contribution in [1.82, 2.24) is 4.98 Å². The summed E-state index contributed by atoms with van der Waals surface area (Å²) in [5, 5.41) is 0.283. The van der Waals surface area contributed by atoms with Crippen LogP contribution in [0.5, 0.6) is 0 Å². The molecular weight excluding hydrogens is 298 g/mol. The monoisotopic (exact) mass is 303 g/mol. The molecule has 1 rings (SSSR count). The molecule has 1 nitrogen and oxygen atoms in total. The van der Waals surface area contributed by atoms with Gasteiger partial charge >= 0.3 is 0 Å². The molecule has 0 spiro atoms. The Morgan fingerprint density at radius 2 is 2.17 bits per heavy atom. The Kier molecular flexibility index (Phi) is 3.22. The lowest BCUT2D eigenvalue weighted by atomic mass is 10.2. The molecule has 0 radical (unpaired) electrons. The van der Waals surface area contributed by atoms with Gasteiger partial charge in [0.25, 0.3) is 6.43 Å². The summed E-state index contributed by atoms with van der Waals surface area (Å²) in [7, 11) is 0. The number of halogens is 4. The second kappa shape index (κ2) is 3.83. The average molecular weight is 303 g/mol. The molecule has 1 heterocycles. The molecule has 0 aliphatic carbocycles. The highest BCUT2D eigenvalue weighted by molar-refractivity contribution is 14.1. The van der Waals surface area contributed by atoms with E-state index in [-0.39, 0.29) is 10.6 Å². The molecule has 0 atom stereocenters. The molecule has 0 unspecified atom stereocenters. The highest BCUT2D eigenvalue weighted by atomic mass is 127. The molecule has 0 bridgehead atoms. The Morgan fingerprint density at radius 3 is 2.67 bits per heavy atom. The van der Waals surface area contributed by atoms with E-state index in [2.05, 4.69) is 4.98 Å². The van der Waals surface area contributed by atoms with Gasteiger partial charge in [0, 0.05) is 0 Å². The summed E-state index contributed by atoms with van der Waals surface area (Å²) in [4.78, 5) is 3.87. The van der Waals surface area contributed by atoms with Crippen molar-refractivity contribution < 1.29 is 8.78 Å². The number of hydrogen-bond donors (Lipinski definition) is 0. The van der Waals surface area contributed by atoms with Gasteiger partial charge in [-0.15, -0.1) is 0 Å². The van der Waals surface area contributed by atoms with E-state index in [1.165, 1.54) is 6.07 Å². The third kappa shape index (κ3) is 2.04. The lowest BCUT2D eigenvalue weighted by Crippen LogP contribution is -1.95. The Morgan fingerprint density at radius 1 is 1.58 bits per heavy atom. The van der Waals surface area contributed by atoms with Crippen LogP contribution in [0.2, 0.25) is 5.02 Å². The van der Waals surface area contributed by atoms with Crippen LogP contribution in [0.4, 0.5) is 8.78 Å². The van der Waals surface area contributed by atoms with Crippen molar-refractivity contribution in [3.8, 4) is 0 Å². The quantitative estimate of drug-likeness (QED) is 0.571. The fraction of sp³-hybridized carbons (Fsp3) is 0.286. The van der Waals surface area contributed by atoms with Crippen LogP contribution in [0.1, 0.15) is 17.7 Å². The van der Waals surface area contributed by atoms with Crippen molar-refractivity contribution in [2.45, 2.75) is 13.3 Å². The normalized spacial score (nSPS) is 10.8. The minimum Gasteiger partial charge on any atom is -0.245 e. The topological polar surface area (TPSA) is 12.9 Å². The molecule has 0 saturated heterocycles. The first kappa shape index (κ1) is 10.1. The molecular formula is C7H5ClF2IN. The van der Waals surface area contributed by atoms with Crippen molar-refractivity contribution in [2.24, 2.45) is 0 Å². The zero-order valence-corrected chi connectivity index (χ0v) is 9.03.